The number of nitrogens with two attached hydrogens (primary N) is 2. The maximum atomic E-state index is 12.9. The lowest BCUT2D eigenvalue weighted by Gasteiger charge is -2.18. The van der Waals surface area contributed by atoms with E-state index in [4.69, 9.17) is 16.2 Å². The number of hydrogen-bond acceptors (Lipinski definition) is 4. The number of fused-ring (bicyclic) bond motifs is 1. The van der Waals surface area contributed by atoms with Crippen molar-refractivity contribution in [2.45, 2.75) is 25.5 Å². The van der Waals surface area contributed by atoms with E-state index in [1.165, 1.54) is 0 Å². The molecule has 0 fully saturated rings. The van der Waals surface area contributed by atoms with Crippen molar-refractivity contribution in [2.24, 2.45) is 16.5 Å². The zero-order valence-corrected chi connectivity index (χ0v) is 17.7. The molecule has 0 spiro atoms. The number of nitrogens with one attached hydrogen (secondary N) is 2. The van der Waals surface area contributed by atoms with Crippen LogP contribution in [0.4, 0.5) is 10.5 Å². The van der Waals surface area contributed by atoms with Crippen LogP contribution < -0.4 is 22.1 Å². The molecule has 0 aromatic heterocycles. The van der Waals surface area contributed by atoms with Gasteiger partial charge in [0.25, 0.3) is 0 Å². The molecule has 0 saturated heterocycles. The second-order valence-electron chi connectivity index (χ2n) is 7.26. The number of benzene rings is 3. The van der Waals surface area contributed by atoms with Gasteiger partial charge in [0, 0.05) is 12.2 Å². The van der Waals surface area contributed by atoms with Crippen molar-refractivity contribution >= 4 is 34.4 Å². The predicted molar refractivity (Wildman–Crippen MR) is 126 cm³/mol. The van der Waals surface area contributed by atoms with E-state index in [0.29, 0.717) is 25.1 Å². The zero-order valence-electron chi connectivity index (χ0n) is 17.7. The van der Waals surface area contributed by atoms with Gasteiger partial charge in [-0.2, -0.15) is 0 Å². The summed E-state index contributed by atoms with van der Waals surface area (Å²) in [6, 6.07) is 22.0. The molecule has 3 aromatic rings. The highest BCUT2D eigenvalue weighted by atomic mass is 16.5. The Bertz CT molecular complexity index is 1080. The van der Waals surface area contributed by atoms with Crippen LogP contribution in [0.2, 0.25) is 0 Å². The second-order valence-corrected chi connectivity index (χ2v) is 7.26. The number of carbonyl (C=O) groups excluding carboxylic acids is 2. The SMILES string of the molecule is NC(N)=NCCC[C@@H](NC(=O)OCc1ccccc1)C(=O)Nc1ccc2ccccc2c1. The summed E-state index contributed by atoms with van der Waals surface area (Å²) >= 11 is 0. The average molecular weight is 434 g/mol. The number of guanidine groups is 1. The molecule has 0 unspecified atom stereocenters. The van der Waals surface area contributed by atoms with E-state index < -0.39 is 12.1 Å². The van der Waals surface area contributed by atoms with Crippen LogP contribution in [0.3, 0.4) is 0 Å². The molecule has 2 amide bonds. The van der Waals surface area contributed by atoms with Crippen LogP contribution >= 0.6 is 0 Å². The first-order valence-electron chi connectivity index (χ1n) is 10.3. The molecule has 0 bridgehead atoms. The molecule has 0 aliphatic rings. The molecule has 3 rings (SSSR count). The fourth-order valence-corrected chi connectivity index (χ4v) is 3.18. The third-order valence-electron chi connectivity index (χ3n) is 4.78. The molecule has 0 saturated carbocycles. The monoisotopic (exact) mass is 433 g/mol. The van der Waals surface area contributed by atoms with E-state index in [0.717, 1.165) is 16.3 Å². The standard InChI is InChI=1S/C24H27N5O3/c25-23(26)27-14-6-11-21(29-24(31)32-16-17-7-2-1-3-8-17)22(30)28-20-13-12-18-9-4-5-10-19(18)15-20/h1-5,7-10,12-13,15,21H,6,11,14,16H2,(H,28,30)(H,29,31)(H4,25,26,27)/t21-/m1/s1. The Morgan fingerprint density at radius 1 is 0.938 bits per heavy atom. The van der Waals surface area contributed by atoms with Crippen LogP contribution in [-0.2, 0) is 16.1 Å². The molecule has 32 heavy (non-hydrogen) atoms. The topological polar surface area (TPSA) is 132 Å². The van der Waals surface area contributed by atoms with Gasteiger partial charge in [-0.3, -0.25) is 9.79 Å². The minimum atomic E-state index is -0.807. The molecule has 166 valence electrons. The van der Waals surface area contributed by atoms with Crippen LogP contribution in [0.25, 0.3) is 10.8 Å². The van der Waals surface area contributed by atoms with Gasteiger partial charge in [0.1, 0.15) is 12.6 Å². The van der Waals surface area contributed by atoms with Crippen LogP contribution in [0, 0.1) is 0 Å². The van der Waals surface area contributed by atoms with Crippen molar-refractivity contribution in [3.63, 3.8) is 0 Å². The molecule has 0 heterocycles. The Balaban J connectivity index is 1.63. The van der Waals surface area contributed by atoms with Crippen LogP contribution in [-0.4, -0.2) is 30.5 Å². The average Bonchev–Trinajstić information content (AvgIpc) is 2.80. The third-order valence-corrected chi connectivity index (χ3v) is 4.78. The quantitative estimate of drug-likeness (QED) is 0.234. The molecule has 0 radical (unpaired) electrons. The predicted octanol–water partition coefficient (Wildman–Crippen LogP) is 3.13. The number of rotatable bonds is 9. The van der Waals surface area contributed by atoms with Gasteiger partial charge in [0.2, 0.25) is 5.91 Å². The fraction of sp³-hybridized carbons (Fsp3) is 0.208. The molecule has 8 nitrogen and oxygen atoms in total. The molecule has 3 aromatic carbocycles. The molecule has 8 heteroatoms. The lowest BCUT2D eigenvalue weighted by atomic mass is 10.1. The summed E-state index contributed by atoms with van der Waals surface area (Å²) in [5, 5.41) is 7.59. The summed E-state index contributed by atoms with van der Waals surface area (Å²) in [5.41, 5.74) is 12.2. The first kappa shape index (κ1) is 22.6. The van der Waals surface area contributed by atoms with E-state index in [2.05, 4.69) is 15.6 Å². The third kappa shape index (κ3) is 7.02. The van der Waals surface area contributed by atoms with Crippen molar-refractivity contribution < 1.29 is 14.3 Å². The van der Waals surface area contributed by atoms with Crippen molar-refractivity contribution in [1.82, 2.24) is 5.32 Å². The van der Waals surface area contributed by atoms with Gasteiger partial charge in [-0.05, 0) is 41.3 Å². The number of carbonyl (C=O) groups is 2. The lowest BCUT2D eigenvalue weighted by Crippen LogP contribution is -2.44. The summed E-state index contributed by atoms with van der Waals surface area (Å²) in [4.78, 5) is 29.2. The maximum absolute atomic E-state index is 12.9. The maximum Gasteiger partial charge on any atom is 0.408 e. The minimum absolute atomic E-state index is 0.0163. The molecular formula is C24H27N5O3. The van der Waals surface area contributed by atoms with Gasteiger partial charge in [0.15, 0.2) is 5.96 Å². The van der Waals surface area contributed by atoms with Crippen molar-refractivity contribution in [3.8, 4) is 0 Å². The number of amides is 2. The summed E-state index contributed by atoms with van der Waals surface area (Å²) < 4.78 is 5.26. The Morgan fingerprint density at radius 2 is 1.66 bits per heavy atom. The first-order valence-corrected chi connectivity index (χ1v) is 10.3. The fourth-order valence-electron chi connectivity index (χ4n) is 3.18. The van der Waals surface area contributed by atoms with Gasteiger partial charge in [0.05, 0.1) is 0 Å². The van der Waals surface area contributed by atoms with Crippen molar-refractivity contribution in [3.05, 3.63) is 78.4 Å². The van der Waals surface area contributed by atoms with Crippen LogP contribution in [0.1, 0.15) is 18.4 Å². The smallest absolute Gasteiger partial charge is 0.408 e. The summed E-state index contributed by atoms with van der Waals surface area (Å²) in [6.07, 6.45) is 0.179. The van der Waals surface area contributed by atoms with Crippen LogP contribution in [0.15, 0.2) is 77.8 Å². The Hall–Kier alpha value is -4.07. The van der Waals surface area contributed by atoms with E-state index in [1.807, 2.05) is 72.8 Å². The number of anilines is 1. The highest BCUT2D eigenvalue weighted by Gasteiger charge is 2.21. The van der Waals surface area contributed by atoms with Crippen molar-refractivity contribution in [1.29, 1.82) is 0 Å². The number of nitrogens with zero attached hydrogens (tertiary/aromatic N) is 1. The number of hydrogen-bond donors (Lipinski definition) is 4. The van der Waals surface area contributed by atoms with Gasteiger partial charge < -0.3 is 26.8 Å². The second kappa shape index (κ2) is 11.4. The molecule has 0 aliphatic heterocycles. The van der Waals surface area contributed by atoms with E-state index >= 15 is 0 Å². The summed E-state index contributed by atoms with van der Waals surface area (Å²) in [7, 11) is 0. The zero-order chi connectivity index (χ0) is 22.8. The van der Waals surface area contributed by atoms with Gasteiger partial charge >= 0.3 is 6.09 Å². The number of alkyl carbamates (subject to hydrolysis) is 1. The first-order chi connectivity index (χ1) is 15.5. The number of aliphatic imine (C=N–C) groups is 1. The van der Waals surface area contributed by atoms with E-state index in [-0.39, 0.29) is 18.5 Å². The van der Waals surface area contributed by atoms with Gasteiger partial charge in [-0.25, -0.2) is 4.79 Å². The summed E-state index contributed by atoms with van der Waals surface area (Å²) in [5.74, 6) is -0.362. The lowest BCUT2D eigenvalue weighted by molar-refractivity contribution is -0.118. The normalized spacial score (nSPS) is 11.4. The van der Waals surface area contributed by atoms with E-state index in [1.54, 1.807) is 0 Å². The summed E-state index contributed by atoms with van der Waals surface area (Å²) in [6.45, 7) is 0.461. The van der Waals surface area contributed by atoms with Gasteiger partial charge in [-0.15, -0.1) is 0 Å². The highest BCUT2D eigenvalue weighted by molar-refractivity contribution is 5.98. The Labute approximate surface area is 186 Å². The molecule has 0 aliphatic carbocycles. The molecule has 6 N–H and O–H groups in total. The van der Waals surface area contributed by atoms with Crippen molar-refractivity contribution in [2.75, 3.05) is 11.9 Å². The minimum Gasteiger partial charge on any atom is -0.445 e. The van der Waals surface area contributed by atoms with E-state index in [9.17, 15) is 9.59 Å². The van der Waals surface area contributed by atoms with Crippen LogP contribution in [0.5, 0.6) is 0 Å². The Kier molecular flexibility index (Phi) is 8.02. The van der Waals surface area contributed by atoms with Gasteiger partial charge in [-0.1, -0.05) is 60.7 Å². The largest absolute Gasteiger partial charge is 0.445 e. The molecular weight excluding hydrogens is 406 g/mol. The number of ether oxygens (including phenoxy) is 1. The highest BCUT2D eigenvalue weighted by Crippen LogP contribution is 2.19. The Morgan fingerprint density at radius 3 is 2.41 bits per heavy atom. The molecule has 1 atom stereocenters.